The fourth-order valence-corrected chi connectivity index (χ4v) is 3.27. The van der Waals surface area contributed by atoms with Crippen LogP contribution in [0.5, 0.6) is 0 Å². The summed E-state index contributed by atoms with van der Waals surface area (Å²) in [7, 11) is 0. The molecule has 28 heavy (non-hydrogen) atoms. The minimum Gasteiger partial charge on any atom is -0.478 e. The Kier molecular flexibility index (Phi) is 5.94. The summed E-state index contributed by atoms with van der Waals surface area (Å²) in [5.74, 6) is -0.944. The highest BCUT2D eigenvalue weighted by Gasteiger charge is 2.12. The van der Waals surface area contributed by atoms with E-state index < -0.39 is 5.97 Å². The van der Waals surface area contributed by atoms with Crippen molar-refractivity contribution in [1.29, 1.82) is 0 Å². The van der Waals surface area contributed by atoms with Gasteiger partial charge in [-0.25, -0.2) is 9.59 Å². The van der Waals surface area contributed by atoms with Gasteiger partial charge in [0.15, 0.2) is 0 Å². The van der Waals surface area contributed by atoms with Crippen molar-refractivity contribution in [3.63, 3.8) is 0 Å². The number of rotatable bonds is 7. The zero-order valence-corrected chi connectivity index (χ0v) is 16.1. The summed E-state index contributed by atoms with van der Waals surface area (Å²) in [5, 5.41) is 9.39. The van der Waals surface area contributed by atoms with Crippen molar-refractivity contribution in [2.75, 3.05) is 0 Å². The van der Waals surface area contributed by atoms with E-state index in [1.165, 1.54) is 0 Å². The number of hydrogen-bond acceptors (Lipinski definition) is 2. The average molecular weight is 376 g/mol. The summed E-state index contributed by atoms with van der Waals surface area (Å²) in [6, 6.07) is 14.7. The van der Waals surface area contributed by atoms with Gasteiger partial charge in [-0.3, -0.25) is 9.13 Å². The largest absolute Gasteiger partial charge is 0.478 e. The smallest absolute Gasteiger partial charge is 0.336 e. The second-order valence-electron chi connectivity index (χ2n) is 6.60. The van der Waals surface area contributed by atoms with Crippen LogP contribution in [-0.2, 0) is 19.5 Å². The highest BCUT2D eigenvalue weighted by Crippen LogP contribution is 2.24. The molecule has 0 aliphatic heterocycles. The SMILES string of the molecule is CC=CCc1cn(CC)c(=O)n1Cc1ccc(-c2ccccc2C(=O)O)cc1. The maximum Gasteiger partial charge on any atom is 0.336 e. The molecule has 0 aliphatic rings. The quantitative estimate of drug-likeness (QED) is 0.629. The van der Waals surface area contributed by atoms with E-state index in [0.29, 0.717) is 25.1 Å². The van der Waals surface area contributed by atoms with Crippen LogP contribution >= 0.6 is 0 Å². The van der Waals surface area contributed by atoms with Crippen LogP contribution in [0.4, 0.5) is 0 Å². The number of carbonyl (C=O) groups is 1. The topological polar surface area (TPSA) is 64.2 Å². The van der Waals surface area contributed by atoms with Gasteiger partial charge >= 0.3 is 11.7 Å². The predicted octanol–water partition coefficient (Wildman–Crippen LogP) is 4.20. The number of benzene rings is 2. The van der Waals surface area contributed by atoms with Crippen LogP contribution in [0.2, 0.25) is 0 Å². The molecule has 1 N–H and O–H groups in total. The first-order valence-electron chi connectivity index (χ1n) is 9.36. The fourth-order valence-electron chi connectivity index (χ4n) is 3.27. The number of carboxylic acid groups (broad SMARTS) is 1. The first-order valence-corrected chi connectivity index (χ1v) is 9.36. The number of aromatic carboxylic acids is 1. The van der Waals surface area contributed by atoms with Crippen LogP contribution in [0, 0.1) is 0 Å². The molecule has 1 heterocycles. The summed E-state index contributed by atoms with van der Waals surface area (Å²) < 4.78 is 3.51. The van der Waals surface area contributed by atoms with Gasteiger partial charge in [-0.2, -0.15) is 0 Å². The average Bonchev–Trinajstić information content (AvgIpc) is 3.01. The molecule has 3 rings (SSSR count). The van der Waals surface area contributed by atoms with Crippen LogP contribution in [-0.4, -0.2) is 20.2 Å². The van der Waals surface area contributed by atoms with E-state index >= 15 is 0 Å². The van der Waals surface area contributed by atoms with E-state index in [0.717, 1.165) is 16.8 Å². The first-order chi connectivity index (χ1) is 13.5. The number of nitrogens with zero attached hydrogens (tertiary/aromatic N) is 2. The highest BCUT2D eigenvalue weighted by molar-refractivity contribution is 5.95. The Bertz CT molecular complexity index is 1060. The standard InChI is InChI=1S/C23H24N2O3/c1-3-5-8-19-16-24(4-2)23(28)25(19)15-17-11-13-18(14-12-17)20-9-6-7-10-21(20)22(26)27/h3,5-7,9-14,16H,4,8,15H2,1-2H3,(H,26,27). The molecule has 0 saturated heterocycles. The molecule has 0 saturated carbocycles. The second kappa shape index (κ2) is 8.57. The molecule has 0 bridgehead atoms. The number of hydrogen-bond donors (Lipinski definition) is 1. The molecule has 0 spiro atoms. The Hall–Kier alpha value is -3.34. The highest BCUT2D eigenvalue weighted by atomic mass is 16.4. The molecule has 5 nitrogen and oxygen atoms in total. The third-order valence-corrected chi connectivity index (χ3v) is 4.79. The molecule has 0 radical (unpaired) electrons. The molecule has 0 atom stereocenters. The molecule has 2 aromatic carbocycles. The summed E-state index contributed by atoms with van der Waals surface area (Å²) in [4.78, 5) is 24.1. The second-order valence-corrected chi connectivity index (χ2v) is 6.60. The van der Waals surface area contributed by atoms with E-state index in [9.17, 15) is 14.7 Å². The van der Waals surface area contributed by atoms with E-state index in [-0.39, 0.29) is 11.3 Å². The lowest BCUT2D eigenvalue weighted by Gasteiger charge is -2.09. The maximum absolute atomic E-state index is 12.6. The van der Waals surface area contributed by atoms with Crippen molar-refractivity contribution in [1.82, 2.24) is 9.13 Å². The van der Waals surface area contributed by atoms with Gasteiger partial charge in [0, 0.05) is 24.9 Å². The first kappa shape index (κ1) is 19.4. The number of allylic oxidation sites excluding steroid dienone is 2. The van der Waals surface area contributed by atoms with Gasteiger partial charge in [0.1, 0.15) is 0 Å². The van der Waals surface area contributed by atoms with E-state index in [1.54, 1.807) is 27.3 Å². The van der Waals surface area contributed by atoms with Crippen LogP contribution in [0.3, 0.4) is 0 Å². The van der Waals surface area contributed by atoms with Crippen LogP contribution < -0.4 is 5.69 Å². The minimum atomic E-state index is -0.944. The lowest BCUT2D eigenvalue weighted by molar-refractivity contribution is 0.0697. The molecule has 0 aliphatic carbocycles. The molecule has 144 valence electrons. The van der Waals surface area contributed by atoms with Gasteiger partial charge < -0.3 is 5.11 Å². The van der Waals surface area contributed by atoms with Gasteiger partial charge in [0.05, 0.1) is 12.1 Å². The molecule has 1 aromatic heterocycles. The normalized spacial score (nSPS) is 11.2. The third kappa shape index (κ3) is 3.98. The van der Waals surface area contributed by atoms with Crippen LogP contribution in [0.25, 0.3) is 11.1 Å². The van der Waals surface area contributed by atoms with Gasteiger partial charge in [-0.15, -0.1) is 0 Å². The van der Waals surface area contributed by atoms with Crippen molar-refractivity contribution >= 4 is 5.97 Å². The van der Waals surface area contributed by atoms with Gasteiger partial charge in [-0.1, -0.05) is 54.6 Å². The van der Waals surface area contributed by atoms with Crippen molar-refractivity contribution in [3.05, 3.63) is 94.2 Å². The monoisotopic (exact) mass is 376 g/mol. The molecule has 0 unspecified atom stereocenters. The summed E-state index contributed by atoms with van der Waals surface area (Å²) in [6.07, 6.45) is 6.65. The van der Waals surface area contributed by atoms with Gasteiger partial charge in [0.2, 0.25) is 0 Å². The van der Waals surface area contributed by atoms with E-state index in [4.69, 9.17) is 0 Å². The van der Waals surface area contributed by atoms with Crippen molar-refractivity contribution in [2.45, 2.75) is 33.4 Å². The van der Waals surface area contributed by atoms with E-state index in [1.807, 2.05) is 62.5 Å². The number of imidazole rings is 1. The molecule has 3 aromatic rings. The Morgan fingerprint density at radius 1 is 1.11 bits per heavy atom. The Morgan fingerprint density at radius 2 is 1.82 bits per heavy atom. The van der Waals surface area contributed by atoms with Gasteiger partial charge in [-0.05, 0) is 36.6 Å². The summed E-state index contributed by atoms with van der Waals surface area (Å²) >= 11 is 0. The Labute approximate surface area is 164 Å². The van der Waals surface area contributed by atoms with Crippen molar-refractivity contribution < 1.29 is 9.90 Å². The van der Waals surface area contributed by atoms with Crippen molar-refractivity contribution in [3.8, 4) is 11.1 Å². The molecule has 0 amide bonds. The Balaban J connectivity index is 1.91. The number of aromatic nitrogens is 2. The maximum atomic E-state index is 12.6. The zero-order chi connectivity index (χ0) is 20.1. The lowest BCUT2D eigenvalue weighted by atomic mass is 9.99. The Morgan fingerprint density at radius 3 is 2.46 bits per heavy atom. The number of aryl methyl sites for hydroxylation is 1. The van der Waals surface area contributed by atoms with Crippen molar-refractivity contribution in [2.24, 2.45) is 0 Å². The lowest BCUT2D eigenvalue weighted by Crippen LogP contribution is -2.25. The molecular formula is C23H24N2O3. The predicted molar refractivity (Wildman–Crippen MR) is 111 cm³/mol. The van der Waals surface area contributed by atoms with Crippen LogP contribution in [0.1, 0.15) is 35.5 Å². The zero-order valence-electron chi connectivity index (χ0n) is 16.1. The number of carboxylic acids is 1. The van der Waals surface area contributed by atoms with Crippen LogP contribution in [0.15, 0.2) is 71.7 Å². The third-order valence-electron chi connectivity index (χ3n) is 4.79. The fraction of sp³-hybridized carbons (Fsp3) is 0.217. The molecule has 5 heteroatoms. The van der Waals surface area contributed by atoms with Gasteiger partial charge in [0.25, 0.3) is 0 Å². The molecule has 0 fully saturated rings. The summed E-state index contributed by atoms with van der Waals surface area (Å²) in [5.41, 5.74) is 3.76. The molecular weight excluding hydrogens is 352 g/mol. The van der Waals surface area contributed by atoms with E-state index in [2.05, 4.69) is 0 Å². The summed E-state index contributed by atoms with van der Waals surface area (Å²) in [6.45, 7) is 5.05. The minimum absolute atomic E-state index is 0.0118.